The van der Waals surface area contributed by atoms with Crippen molar-refractivity contribution in [2.24, 2.45) is 0 Å². The molecule has 0 radical (unpaired) electrons. The Bertz CT molecular complexity index is 472. The first-order chi connectivity index (χ1) is 9.08. The Morgan fingerprint density at radius 3 is 2.79 bits per heavy atom. The van der Waals surface area contributed by atoms with Gasteiger partial charge in [-0.15, -0.1) is 0 Å². The van der Waals surface area contributed by atoms with Crippen LogP contribution in [-0.2, 0) is 19.0 Å². The molecule has 1 aromatic rings. The average Bonchev–Trinajstić information content (AvgIpc) is 2.62. The van der Waals surface area contributed by atoms with E-state index in [9.17, 15) is 4.79 Å². The molecule has 0 saturated carbocycles. The summed E-state index contributed by atoms with van der Waals surface area (Å²) < 4.78 is 17.1. The molecular formula is C15H18O4. The van der Waals surface area contributed by atoms with Crippen molar-refractivity contribution in [3.8, 4) is 0 Å². The van der Waals surface area contributed by atoms with E-state index in [1.807, 2.05) is 25.1 Å². The number of rotatable bonds is 2. The molecule has 0 N–H and O–H groups in total. The highest BCUT2D eigenvalue weighted by Gasteiger charge is 2.54. The lowest BCUT2D eigenvalue weighted by molar-refractivity contribution is -0.281. The largest absolute Gasteiger partial charge is 0.457 e. The normalized spacial score (nSPS) is 37.1. The van der Waals surface area contributed by atoms with E-state index in [0.29, 0.717) is 13.0 Å². The Balaban J connectivity index is 1.80. The minimum absolute atomic E-state index is 0.0468. The molecule has 4 heteroatoms. The summed E-state index contributed by atoms with van der Waals surface area (Å²) in [5.74, 6) is -0.876. The second kappa shape index (κ2) is 4.62. The molecule has 2 bridgehead atoms. The van der Waals surface area contributed by atoms with Crippen molar-refractivity contribution in [1.82, 2.24) is 0 Å². The SMILES string of the molecule is CC(=O)OC1CC2OC1(C)OCC2c1ccccc1. The van der Waals surface area contributed by atoms with Gasteiger partial charge in [-0.2, -0.15) is 0 Å². The number of hydrogen-bond acceptors (Lipinski definition) is 4. The Kier molecular flexibility index (Phi) is 3.07. The zero-order valence-corrected chi connectivity index (χ0v) is 11.2. The lowest BCUT2D eigenvalue weighted by Gasteiger charge is -2.36. The molecule has 2 heterocycles. The lowest BCUT2D eigenvalue weighted by Crippen LogP contribution is -2.45. The van der Waals surface area contributed by atoms with Crippen molar-refractivity contribution in [2.75, 3.05) is 6.61 Å². The van der Waals surface area contributed by atoms with E-state index in [1.165, 1.54) is 12.5 Å². The summed E-state index contributed by atoms with van der Waals surface area (Å²) in [4.78, 5) is 11.1. The zero-order valence-electron chi connectivity index (χ0n) is 11.2. The third-order valence-electron chi connectivity index (χ3n) is 3.95. The Morgan fingerprint density at radius 1 is 1.37 bits per heavy atom. The highest BCUT2D eigenvalue weighted by atomic mass is 16.7. The highest BCUT2D eigenvalue weighted by Crippen LogP contribution is 2.44. The Hall–Kier alpha value is -1.39. The molecule has 2 fully saturated rings. The number of benzene rings is 1. The van der Waals surface area contributed by atoms with Crippen LogP contribution in [0.3, 0.4) is 0 Å². The molecule has 3 rings (SSSR count). The molecule has 4 unspecified atom stereocenters. The van der Waals surface area contributed by atoms with Crippen LogP contribution in [0, 0.1) is 0 Å². The van der Waals surface area contributed by atoms with Crippen LogP contribution in [0.2, 0.25) is 0 Å². The molecule has 19 heavy (non-hydrogen) atoms. The van der Waals surface area contributed by atoms with Crippen molar-refractivity contribution in [1.29, 1.82) is 0 Å². The molecule has 4 atom stereocenters. The van der Waals surface area contributed by atoms with Crippen LogP contribution < -0.4 is 0 Å². The van der Waals surface area contributed by atoms with Crippen molar-refractivity contribution >= 4 is 5.97 Å². The first-order valence-corrected chi connectivity index (χ1v) is 6.62. The molecule has 0 aliphatic carbocycles. The second-order valence-corrected chi connectivity index (χ2v) is 5.33. The van der Waals surface area contributed by atoms with Crippen LogP contribution >= 0.6 is 0 Å². The molecule has 4 nitrogen and oxygen atoms in total. The van der Waals surface area contributed by atoms with Gasteiger partial charge in [-0.25, -0.2) is 0 Å². The van der Waals surface area contributed by atoms with Gasteiger partial charge >= 0.3 is 5.97 Å². The molecule has 2 aliphatic rings. The number of fused-ring (bicyclic) bond motifs is 2. The summed E-state index contributed by atoms with van der Waals surface area (Å²) in [5.41, 5.74) is 1.21. The monoisotopic (exact) mass is 262 g/mol. The highest BCUT2D eigenvalue weighted by molar-refractivity contribution is 5.66. The number of esters is 1. The second-order valence-electron chi connectivity index (χ2n) is 5.33. The van der Waals surface area contributed by atoms with Gasteiger partial charge in [-0.1, -0.05) is 30.3 Å². The minimum atomic E-state index is -0.790. The maximum absolute atomic E-state index is 11.1. The zero-order chi connectivity index (χ0) is 13.5. The van der Waals surface area contributed by atoms with Gasteiger partial charge in [0.15, 0.2) is 6.10 Å². The van der Waals surface area contributed by atoms with Crippen LogP contribution in [0.25, 0.3) is 0 Å². The number of ether oxygens (including phenoxy) is 3. The third-order valence-corrected chi connectivity index (χ3v) is 3.95. The van der Waals surface area contributed by atoms with E-state index in [-0.39, 0.29) is 24.1 Å². The summed E-state index contributed by atoms with van der Waals surface area (Å²) in [6.45, 7) is 3.87. The molecule has 1 aromatic carbocycles. The molecular weight excluding hydrogens is 244 g/mol. The molecule has 0 aromatic heterocycles. The van der Waals surface area contributed by atoms with E-state index in [2.05, 4.69) is 12.1 Å². The average molecular weight is 262 g/mol. The lowest BCUT2D eigenvalue weighted by atomic mass is 9.92. The van der Waals surface area contributed by atoms with Crippen LogP contribution in [0.4, 0.5) is 0 Å². The number of hydrogen-bond donors (Lipinski definition) is 0. The van der Waals surface area contributed by atoms with E-state index in [4.69, 9.17) is 14.2 Å². The van der Waals surface area contributed by atoms with Gasteiger partial charge in [0.2, 0.25) is 5.79 Å². The van der Waals surface area contributed by atoms with Gasteiger partial charge in [0, 0.05) is 19.3 Å². The first-order valence-electron chi connectivity index (χ1n) is 6.62. The standard InChI is InChI=1S/C15H18O4/c1-10(16)18-14-8-13-12(9-17-15(14,2)19-13)11-6-4-3-5-7-11/h3-7,12-14H,8-9H2,1-2H3. The predicted octanol–water partition coefficient (Wildman–Crippen LogP) is 2.24. The summed E-state index contributed by atoms with van der Waals surface area (Å²) in [5, 5.41) is 0. The summed E-state index contributed by atoms with van der Waals surface area (Å²) in [6, 6.07) is 10.2. The third kappa shape index (κ3) is 2.26. The molecule has 2 aliphatic heterocycles. The summed E-state index contributed by atoms with van der Waals surface area (Å²) in [6.07, 6.45) is 0.421. The maximum atomic E-state index is 11.1. The number of carbonyl (C=O) groups is 1. The van der Waals surface area contributed by atoms with Gasteiger partial charge in [-0.05, 0) is 12.5 Å². The number of carbonyl (C=O) groups excluding carboxylic acids is 1. The van der Waals surface area contributed by atoms with Crippen molar-refractivity contribution in [3.05, 3.63) is 35.9 Å². The first kappa shape index (κ1) is 12.6. The van der Waals surface area contributed by atoms with E-state index in [0.717, 1.165) is 0 Å². The molecule has 102 valence electrons. The van der Waals surface area contributed by atoms with Crippen LogP contribution in [-0.4, -0.2) is 30.6 Å². The fourth-order valence-electron chi connectivity index (χ4n) is 2.95. The van der Waals surface area contributed by atoms with E-state index < -0.39 is 5.79 Å². The van der Waals surface area contributed by atoms with Gasteiger partial charge in [0.05, 0.1) is 12.7 Å². The molecule has 0 amide bonds. The topological polar surface area (TPSA) is 44.8 Å². The molecule has 2 saturated heterocycles. The van der Waals surface area contributed by atoms with E-state index >= 15 is 0 Å². The minimum Gasteiger partial charge on any atom is -0.457 e. The van der Waals surface area contributed by atoms with E-state index in [1.54, 1.807) is 0 Å². The fraction of sp³-hybridized carbons (Fsp3) is 0.533. The van der Waals surface area contributed by atoms with Crippen LogP contribution in [0.5, 0.6) is 0 Å². The van der Waals surface area contributed by atoms with Crippen molar-refractivity contribution in [3.63, 3.8) is 0 Å². The molecule has 0 spiro atoms. The van der Waals surface area contributed by atoms with Gasteiger partial charge < -0.3 is 14.2 Å². The van der Waals surface area contributed by atoms with Crippen molar-refractivity contribution in [2.45, 2.75) is 44.2 Å². The Labute approximate surface area is 112 Å². The Morgan fingerprint density at radius 2 is 2.11 bits per heavy atom. The fourth-order valence-corrected chi connectivity index (χ4v) is 2.95. The maximum Gasteiger partial charge on any atom is 0.303 e. The quantitative estimate of drug-likeness (QED) is 0.767. The van der Waals surface area contributed by atoms with Gasteiger partial charge in [0.1, 0.15) is 0 Å². The van der Waals surface area contributed by atoms with Crippen LogP contribution in [0.1, 0.15) is 31.7 Å². The van der Waals surface area contributed by atoms with Crippen molar-refractivity contribution < 1.29 is 19.0 Å². The van der Waals surface area contributed by atoms with Gasteiger partial charge in [0.25, 0.3) is 0 Å². The summed E-state index contributed by atoms with van der Waals surface area (Å²) >= 11 is 0. The predicted molar refractivity (Wildman–Crippen MR) is 68.6 cm³/mol. The smallest absolute Gasteiger partial charge is 0.303 e. The van der Waals surface area contributed by atoms with Gasteiger partial charge in [-0.3, -0.25) is 4.79 Å². The summed E-state index contributed by atoms with van der Waals surface area (Å²) in [7, 11) is 0. The van der Waals surface area contributed by atoms with Crippen LogP contribution in [0.15, 0.2) is 30.3 Å².